The molecular formula is C15H25FN2. The minimum atomic E-state index is -0.238. The van der Waals surface area contributed by atoms with E-state index < -0.39 is 0 Å². The minimum Gasteiger partial charge on any atom is -0.397 e. The normalized spacial score (nSPS) is 10.6. The Balaban J connectivity index is 2.25. The first-order chi connectivity index (χ1) is 8.65. The Morgan fingerprint density at radius 2 is 1.78 bits per heavy atom. The SMILES string of the molecule is CCCCCCCCNc1cc(C)c(F)cc1N. The number of anilines is 2. The summed E-state index contributed by atoms with van der Waals surface area (Å²) in [7, 11) is 0. The molecule has 3 heteroatoms. The Hall–Kier alpha value is -1.25. The smallest absolute Gasteiger partial charge is 0.128 e. The van der Waals surface area contributed by atoms with Crippen LogP contribution in [0.2, 0.25) is 0 Å². The van der Waals surface area contributed by atoms with Crippen molar-refractivity contribution < 1.29 is 4.39 Å². The first kappa shape index (κ1) is 14.8. The molecule has 1 aromatic carbocycles. The van der Waals surface area contributed by atoms with Crippen molar-refractivity contribution in [2.24, 2.45) is 0 Å². The van der Waals surface area contributed by atoms with Gasteiger partial charge < -0.3 is 11.1 Å². The molecule has 0 aliphatic carbocycles. The van der Waals surface area contributed by atoms with E-state index in [-0.39, 0.29) is 5.82 Å². The molecule has 0 bridgehead atoms. The number of halogens is 1. The first-order valence-electron chi connectivity index (χ1n) is 6.94. The van der Waals surface area contributed by atoms with Crippen molar-refractivity contribution in [2.45, 2.75) is 52.4 Å². The van der Waals surface area contributed by atoms with Crippen LogP contribution >= 0.6 is 0 Å². The second kappa shape index (κ2) is 7.96. The molecule has 0 saturated carbocycles. The molecule has 0 unspecified atom stereocenters. The number of nitrogens with one attached hydrogen (secondary N) is 1. The monoisotopic (exact) mass is 252 g/mol. The van der Waals surface area contributed by atoms with Gasteiger partial charge in [-0.25, -0.2) is 4.39 Å². The van der Waals surface area contributed by atoms with Crippen molar-refractivity contribution in [3.8, 4) is 0 Å². The van der Waals surface area contributed by atoms with Crippen LogP contribution < -0.4 is 11.1 Å². The third-order valence-electron chi connectivity index (χ3n) is 3.18. The first-order valence-corrected chi connectivity index (χ1v) is 6.94. The lowest BCUT2D eigenvalue weighted by atomic mass is 10.1. The molecule has 0 atom stereocenters. The van der Waals surface area contributed by atoms with E-state index in [1.54, 1.807) is 13.0 Å². The molecule has 1 aromatic rings. The number of hydrogen-bond donors (Lipinski definition) is 2. The topological polar surface area (TPSA) is 38.0 Å². The molecular weight excluding hydrogens is 227 g/mol. The summed E-state index contributed by atoms with van der Waals surface area (Å²) in [5, 5.41) is 3.28. The molecule has 0 heterocycles. The van der Waals surface area contributed by atoms with Crippen molar-refractivity contribution in [1.82, 2.24) is 0 Å². The molecule has 1 rings (SSSR count). The molecule has 3 N–H and O–H groups in total. The molecule has 0 aromatic heterocycles. The number of benzene rings is 1. The average Bonchev–Trinajstić information content (AvgIpc) is 2.34. The van der Waals surface area contributed by atoms with Crippen LogP contribution in [0.25, 0.3) is 0 Å². The van der Waals surface area contributed by atoms with E-state index in [0.29, 0.717) is 11.3 Å². The maximum absolute atomic E-state index is 13.2. The molecule has 0 aliphatic rings. The lowest BCUT2D eigenvalue weighted by Crippen LogP contribution is -2.05. The molecule has 0 fully saturated rings. The van der Waals surface area contributed by atoms with Gasteiger partial charge in [0.2, 0.25) is 0 Å². The van der Waals surface area contributed by atoms with Gasteiger partial charge in [0.1, 0.15) is 5.82 Å². The van der Waals surface area contributed by atoms with E-state index in [1.165, 1.54) is 38.2 Å². The van der Waals surface area contributed by atoms with Gasteiger partial charge in [-0.3, -0.25) is 0 Å². The molecule has 0 radical (unpaired) electrons. The summed E-state index contributed by atoms with van der Waals surface area (Å²) in [6, 6.07) is 3.17. The molecule has 18 heavy (non-hydrogen) atoms. The summed E-state index contributed by atoms with van der Waals surface area (Å²) in [4.78, 5) is 0. The Morgan fingerprint density at radius 3 is 2.50 bits per heavy atom. The van der Waals surface area contributed by atoms with E-state index in [2.05, 4.69) is 12.2 Å². The van der Waals surface area contributed by atoms with Gasteiger partial charge in [0.25, 0.3) is 0 Å². The summed E-state index contributed by atoms with van der Waals surface area (Å²) < 4.78 is 13.2. The Morgan fingerprint density at radius 1 is 1.11 bits per heavy atom. The van der Waals surface area contributed by atoms with E-state index >= 15 is 0 Å². The van der Waals surface area contributed by atoms with Crippen LogP contribution in [0.1, 0.15) is 51.0 Å². The van der Waals surface area contributed by atoms with Gasteiger partial charge in [0, 0.05) is 6.54 Å². The fraction of sp³-hybridized carbons (Fsp3) is 0.600. The third kappa shape index (κ3) is 4.94. The third-order valence-corrected chi connectivity index (χ3v) is 3.18. The lowest BCUT2D eigenvalue weighted by molar-refractivity contribution is 0.615. The molecule has 2 nitrogen and oxygen atoms in total. The number of nitrogen functional groups attached to an aromatic ring is 1. The van der Waals surface area contributed by atoms with Gasteiger partial charge in [0.15, 0.2) is 0 Å². The van der Waals surface area contributed by atoms with Gasteiger partial charge in [-0.15, -0.1) is 0 Å². The van der Waals surface area contributed by atoms with Crippen molar-refractivity contribution in [3.05, 3.63) is 23.5 Å². The highest BCUT2D eigenvalue weighted by molar-refractivity contribution is 5.67. The quantitative estimate of drug-likeness (QED) is 0.528. The minimum absolute atomic E-state index is 0.238. The molecule has 102 valence electrons. The Kier molecular flexibility index (Phi) is 6.55. The van der Waals surface area contributed by atoms with Crippen LogP contribution in [0.4, 0.5) is 15.8 Å². The second-order valence-electron chi connectivity index (χ2n) is 4.88. The lowest BCUT2D eigenvalue weighted by Gasteiger charge is -2.10. The van der Waals surface area contributed by atoms with E-state index in [9.17, 15) is 4.39 Å². The fourth-order valence-corrected chi connectivity index (χ4v) is 1.98. The molecule has 0 amide bonds. The Labute approximate surface area is 110 Å². The van der Waals surface area contributed by atoms with Crippen LogP contribution in [-0.4, -0.2) is 6.54 Å². The van der Waals surface area contributed by atoms with E-state index in [4.69, 9.17) is 5.73 Å². The maximum Gasteiger partial charge on any atom is 0.128 e. The number of nitrogens with two attached hydrogens (primary N) is 1. The van der Waals surface area contributed by atoms with Gasteiger partial charge in [-0.1, -0.05) is 39.0 Å². The molecule has 0 saturated heterocycles. The van der Waals surface area contributed by atoms with Gasteiger partial charge in [0.05, 0.1) is 11.4 Å². The highest BCUT2D eigenvalue weighted by atomic mass is 19.1. The largest absolute Gasteiger partial charge is 0.397 e. The summed E-state index contributed by atoms with van der Waals surface area (Å²) in [6.45, 7) is 4.88. The Bertz CT molecular complexity index is 364. The summed E-state index contributed by atoms with van der Waals surface area (Å²) in [5.74, 6) is -0.238. The van der Waals surface area contributed by atoms with Crippen LogP contribution in [0.15, 0.2) is 12.1 Å². The fourth-order valence-electron chi connectivity index (χ4n) is 1.98. The zero-order valence-electron chi connectivity index (χ0n) is 11.6. The number of unbranched alkanes of at least 4 members (excludes halogenated alkanes) is 5. The van der Waals surface area contributed by atoms with Gasteiger partial charge in [-0.2, -0.15) is 0 Å². The average molecular weight is 252 g/mol. The summed E-state index contributed by atoms with van der Waals surface area (Å²) in [6.07, 6.45) is 7.62. The standard InChI is InChI=1S/C15H25FN2/c1-3-4-5-6-7-8-9-18-15-10-12(2)13(16)11-14(15)17/h10-11,18H,3-9,17H2,1-2H3. The van der Waals surface area contributed by atoms with Gasteiger partial charge >= 0.3 is 0 Å². The molecule has 0 aliphatic heterocycles. The van der Waals surface area contributed by atoms with Crippen molar-refractivity contribution >= 4 is 11.4 Å². The summed E-state index contributed by atoms with van der Waals surface area (Å²) in [5.41, 5.74) is 7.74. The number of aryl methyl sites for hydroxylation is 1. The number of hydrogen-bond acceptors (Lipinski definition) is 2. The van der Waals surface area contributed by atoms with Crippen LogP contribution in [-0.2, 0) is 0 Å². The summed E-state index contributed by atoms with van der Waals surface area (Å²) >= 11 is 0. The van der Waals surface area contributed by atoms with E-state index in [0.717, 1.165) is 18.7 Å². The van der Waals surface area contributed by atoms with Crippen molar-refractivity contribution in [2.75, 3.05) is 17.6 Å². The predicted octanol–water partition coefficient (Wildman–Crippen LogP) is 4.49. The van der Waals surface area contributed by atoms with E-state index in [1.807, 2.05) is 0 Å². The van der Waals surface area contributed by atoms with Crippen LogP contribution in [0.5, 0.6) is 0 Å². The highest BCUT2D eigenvalue weighted by Gasteiger charge is 2.03. The van der Waals surface area contributed by atoms with Gasteiger partial charge in [-0.05, 0) is 31.0 Å². The zero-order chi connectivity index (χ0) is 13.4. The maximum atomic E-state index is 13.2. The van der Waals surface area contributed by atoms with Crippen LogP contribution in [0, 0.1) is 12.7 Å². The highest BCUT2D eigenvalue weighted by Crippen LogP contribution is 2.22. The number of rotatable bonds is 8. The van der Waals surface area contributed by atoms with Crippen molar-refractivity contribution in [3.63, 3.8) is 0 Å². The van der Waals surface area contributed by atoms with Crippen molar-refractivity contribution in [1.29, 1.82) is 0 Å². The molecule has 0 spiro atoms. The predicted molar refractivity (Wildman–Crippen MR) is 77.4 cm³/mol. The second-order valence-corrected chi connectivity index (χ2v) is 4.88. The zero-order valence-corrected chi connectivity index (χ0v) is 11.6. The van der Waals surface area contributed by atoms with Crippen LogP contribution in [0.3, 0.4) is 0 Å².